The number of carbonyl (C=O) groups excluding carboxylic acids is 1. The molecule has 21 heavy (non-hydrogen) atoms. The maximum Gasteiger partial charge on any atom is 0.387 e. The summed E-state index contributed by atoms with van der Waals surface area (Å²) in [6.07, 6.45) is 2.18. The Bertz CT molecular complexity index is 491. The van der Waals surface area contributed by atoms with Crippen molar-refractivity contribution in [1.82, 2.24) is 10.6 Å². The van der Waals surface area contributed by atoms with Crippen LogP contribution >= 0.6 is 0 Å². The maximum absolute atomic E-state index is 12.3. The van der Waals surface area contributed by atoms with E-state index in [1.807, 2.05) is 0 Å². The molecule has 116 valence electrons. The third-order valence-electron chi connectivity index (χ3n) is 3.60. The summed E-state index contributed by atoms with van der Waals surface area (Å²) in [5.41, 5.74) is 1.52. The van der Waals surface area contributed by atoms with E-state index in [9.17, 15) is 13.6 Å². The fourth-order valence-corrected chi connectivity index (χ4v) is 2.61. The van der Waals surface area contributed by atoms with Crippen LogP contribution in [0.5, 0.6) is 5.75 Å². The SMILES string of the molecule is Cc1cc(C(=O)NCC2CCCN2)cc(C)c1OC(F)F. The summed E-state index contributed by atoms with van der Waals surface area (Å²) in [5.74, 6) is -0.0579. The fraction of sp³-hybridized carbons (Fsp3) is 0.533. The number of benzene rings is 1. The zero-order valence-corrected chi connectivity index (χ0v) is 12.2. The van der Waals surface area contributed by atoms with Gasteiger partial charge in [-0.1, -0.05) is 0 Å². The van der Waals surface area contributed by atoms with Crippen LogP contribution in [0.1, 0.15) is 34.3 Å². The second kappa shape index (κ2) is 6.85. The van der Waals surface area contributed by atoms with E-state index in [0.29, 0.717) is 29.3 Å². The Morgan fingerprint density at radius 3 is 2.62 bits per heavy atom. The van der Waals surface area contributed by atoms with Crippen molar-refractivity contribution in [2.75, 3.05) is 13.1 Å². The highest BCUT2D eigenvalue weighted by Gasteiger charge is 2.17. The first-order valence-corrected chi connectivity index (χ1v) is 7.05. The number of ether oxygens (including phenoxy) is 1. The Hall–Kier alpha value is -1.69. The Labute approximate surface area is 122 Å². The summed E-state index contributed by atoms with van der Waals surface area (Å²) in [6, 6.07) is 3.46. The topological polar surface area (TPSA) is 50.4 Å². The third-order valence-corrected chi connectivity index (χ3v) is 3.60. The van der Waals surface area contributed by atoms with Crippen LogP contribution in [0.15, 0.2) is 12.1 Å². The smallest absolute Gasteiger partial charge is 0.387 e. The van der Waals surface area contributed by atoms with E-state index in [4.69, 9.17) is 0 Å². The Balaban J connectivity index is 2.03. The van der Waals surface area contributed by atoms with E-state index in [1.54, 1.807) is 26.0 Å². The molecule has 0 saturated carbocycles. The summed E-state index contributed by atoms with van der Waals surface area (Å²) in [6.45, 7) is 2.00. The number of hydrogen-bond donors (Lipinski definition) is 2. The van der Waals surface area contributed by atoms with E-state index >= 15 is 0 Å². The van der Waals surface area contributed by atoms with E-state index in [-0.39, 0.29) is 11.7 Å². The zero-order chi connectivity index (χ0) is 15.4. The van der Waals surface area contributed by atoms with Gasteiger partial charge in [0.2, 0.25) is 0 Å². The van der Waals surface area contributed by atoms with Crippen LogP contribution in [0.25, 0.3) is 0 Å². The highest BCUT2D eigenvalue weighted by molar-refractivity contribution is 5.94. The van der Waals surface area contributed by atoms with Gasteiger partial charge < -0.3 is 15.4 Å². The van der Waals surface area contributed by atoms with Gasteiger partial charge >= 0.3 is 6.61 Å². The molecule has 1 aromatic rings. The van der Waals surface area contributed by atoms with E-state index in [2.05, 4.69) is 15.4 Å². The molecule has 1 aliphatic rings. The van der Waals surface area contributed by atoms with Crippen molar-refractivity contribution in [2.24, 2.45) is 0 Å². The van der Waals surface area contributed by atoms with Gasteiger partial charge in [0.15, 0.2) is 0 Å². The first-order chi connectivity index (χ1) is 9.97. The van der Waals surface area contributed by atoms with Crippen molar-refractivity contribution in [1.29, 1.82) is 0 Å². The van der Waals surface area contributed by atoms with Crippen molar-refractivity contribution in [3.05, 3.63) is 28.8 Å². The monoisotopic (exact) mass is 298 g/mol. The molecule has 1 aromatic carbocycles. The molecule has 0 radical (unpaired) electrons. The molecule has 1 unspecified atom stereocenters. The molecule has 1 heterocycles. The highest BCUT2D eigenvalue weighted by atomic mass is 19.3. The van der Waals surface area contributed by atoms with Crippen LogP contribution in [-0.2, 0) is 0 Å². The summed E-state index contributed by atoms with van der Waals surface area (Å²) in [5, 5.41) is 6.16. The average Bonchev–Trinajstić information content (AvgIpc) is 2.93. The Kier molecular flexibility index (Phi) is 5.12. The Morgan fingerprint density at radius 2 is 2.10 bits per heavy atom. The lowest BCUT2D eigenvalue weighted by Crippen LogP contribution is -2.37. The number of aryl methyl sites for hydroxylation is 2. The molecule has 0 spiro atoms. The lowest BCUT2D eigenvalue weighted by Gasteiger charge is -2.15. The number of rotatable bonds is 5. The molecule has 1 atom stereocenters. The molecule has 1 fully saturated rings. The van der Waals surface area contributed by atoms with Crippen LogP contribution < -0.4 is 15.4 Å². The zero-order valence-electron chi connectivity index (χ0n) is 12.2. The quantitative estimate of drug-likeness (QED) is 0.877. The molecular weight excluding hydrogens is 278 g/mol. The summed E-state index contributed by atoms with van der Waals surface area (Å²) in [4.78, 5) is 12.1. The van der Waals surface area contributed by atoms with Crippen molar-refractivity contribution in [2.45, 2.75) is 39.3 Å². The van der Waals surface area contributed by atoms with E-state index < -0.39 is 6.61 Å². The van der Waals surface area contributed by atoms with Crippen LogP contribution in [0.2, 0.25) is 0 Å². The minimum Gasteiger partial charge on any atom is -0.434 e. The average molecular weight is 298 g/mol. The maximum atomic E-state index is 12.3. The van der Waals surface area contributed by atoms with Gasteiger partial charge in [-0.05, 0) is 56.5 Å². The predicted molar refractivity (Wildman–Crippen MR) is 75.9 cm³/mol. The number of alkyl halides is 2. The number of nitrogens with one attached hydrogen (secondary N) is 2. The normalized spacial score (nSPS) is 18.0. The van der Waals surface area contributed by atoms with Gasteiger partial charge in [0, 0.05) is 18.2 Å². The lowest BCUT2D eigenvalue weighted by atomic mass is 10.0. The van der Waals surface area contributed by atoms with Crippen LogP contribution in [-0.4, -0.2) is 31.7 Å². The molecule has 0 aromatic heterocycles. The highest BCUT2D eigenvalue weighted by Crippen LogP contribution is 2.26. The van der Waals surface area contributed by atoms with Crippen LogP contribution in [0, 0.1) is 13.8 Å². The third kappa shape index (κ3) is 4.14. The summed E-state index contributed by atoms with van der Waals surface area (Å²) in [7, 11) is 0. The van der Waals surface area contributed by atoms with E-state index in [1.165, 1.54) is 0 Å². The summed E-state index contributed by atoms with van der Waals surface area (Å²) >= 11 is 0. The van der Waals surface area contributed by atoms with Crippen molar-refractivity contribution < 1.29 is 18.3 Å². The van der Waals surface area contributed by atoms with Crippen molar-refractivity contribution >= 4 is 5.91 Å². The second-order valence-corrected chi connectivity index (χ2v) is 5.32. The van der Waals surface area contributed by atoms with Crippen LogP contribution in [0.3, 0.4) is 0 Å². The molecule has 2 rings (SSSR count). The molecular formula is C15H20F2N2O2. The minimum atomic E-state index is -2.87. The predicted octanol–water partition coefficient (Wildman–Crippen LogP) is 2.39. The van der Waals surface area contributed by atoms with Crippen molar-refractivity contribution in [3.8, 4) is 5.75 Å². The van der Waals surface area contributed by atoms with E-state index in [0.717, 1.165) is 19.4 Å². The van der Waals surface area contributed by atoms with Gasteiger partial charge in [-0.3, -0.25) is 4.79 Å². The summed E-state index contributed by atoms with van der Waals surface area (Å²) < 4.78 is 29.1. The van der Waals surface area contributed by atoms with Gasteiger partial charge in [0.1, 0.15) is 5.75 Å². The number of carbonyl (C=O) groups is 1. The Morgan fingerprint density at radius 1 is 1.43 bits per heavy atom. The molecule has 2 N–H and O–H groups in total. The first kappa shape index (κ1) is 15.7. The number of halogens is 2. The number of amides is 1. The lowest BCUT2D eigenvalue weighted by molar-refractivity contribution is -0.0507. The molecule has 1 aliphatic heterocycles. The molecule has 1 amide bonds. The van der Waals surface area contributed by atoms with Gasteiger partial charge in [-0.25, -0.2) is 0 Å². The fourth-order valence-electron chi connectivity index (χ4n) is 2.61. The number of hydrogen-bond acceptors (Lipinski definition) is 3. The molecule has 4 nitrogen and oxygen atoms in total. The standard InChI is InChI=1S/C15H20F2N2O2/c1-9-6-11(7-10(2)13(9)21-15(16)17)14(20)19-8-12-4-3-5-18-12/h6-7,12,15,18H,3-5,8H2,1-2H3,(H,19,20). The van der Waals surface area contributed by atoms with Gasteiger partial charge in [0.25, 0.3) is 5.91 Å². The van der Waals surface area contributed by atoms with Crippen LogP contribution in [0.4, 0.5) is 8.78 Å². The molecule has 1 saturated heterocycles. The first-order valence-electron chi connectivity index (χ1n) is 7.05. The van der Waals surface area contributed by atoms with Gasteiger partial charge in [-0.2, -0.15) is 8.78 Å². The molecule has 0 aliphatic carbocycles. The van der Waals surface area contributed by atoms with Crippen molar-refractivity contribution in [3.63, 3.8) is 0 Å². The second-order valence-electron chi connectivity index (χ2n) is 5.32. The van der Waals surface area contributed by atoms with Gasteiger partial charge in [0.05, 0.1) is 0 Å². The minimum absolute atomic E-state index is 0.138. The molecule has 6 heteroatoms. The van der Waals surface area contributed by atoms with Gasteiger partial charge in [-0.15, -0.1) is 0 Å². The molecule has 0 bridgehead atoms. The largest absolute Gasteiger partial charge is 0.434 e.